The quantitative estimate of drug-likeness (QED) is 0.740. The number of hydrogen-bond donors (Lipinski definition) is 1. The largest absolute Gasteiger partial charge is 0.388 e. The van der Waals surface area contributed by atoms with E-state index >= 15 is 0 Å². The molecule has 1 N–H and O–H groups in total. The van der Waals surface area contributed by atoms with Crippen LogP contribution in [0.25, 0.3) is 0 Å². The van der Waals surface area contributed by atoms with Crippen molar-refractivity contribution in [1.29, 1.82) is 0 Å². The van der Waals surface area contributed by atoms with Gasteiger partial charge >= 0.3 is 0 Å². The first kappa shape index (κ1) is 15.5. The van der Waals surface area contributed by atoms with E-state index < -0.39 is 0 Å². The third-order valence-electron chi connectivity index (χ3n) is 1.65. The van der Waals surface area contributed by atoms with Crippen LogP contribution in [0.2, 0.25) is 0 Å². The molecule has 0 heterocycles. The minimum absolute atomic E-state index is 1.12. The van der Waals surface area contributed by atoms with Crippen molar-refractivity contribution in [1.82, 2.24) is 0 Å². The van der Waals surface area contributed by atoms with Gasteiger partial charge in [0.25, 0.3) is 0 Å². The zero-order valence-electron chi connectivity index (χ0n) is 10.5. The Bertz CT molecular complexity index is 166. The molecule has 14 heavy (non-hydrogen) atoms. The Kier molecular flexibility index (Phi) is 13.3. The summed E-state index contributed by atoms with van der Waals surface area (Å²) < 4.78 is 0. The van der Waals surface area contributed by atoms with E-state index in [0.29, 0.717) is 0 Å². The lowest BCUT2D eigenvalue weighted by Crippen LogP contribution is -1.87. The summed E-state index contributed by atoms with van der Waals surface area (Å²) in [6.45, 7) is 10.2. The van der Waals surface area contributed by atoms with Crippen molar-refractivity contribution >= 4 is 5.69 Å². The SMILES string of the molecule is CC.CC.CCc1ccc(NC)cc1. The summed E-state index contributed by atoms with van der Waals surface area (Å²) in [6.07, 6.45) is 1.12. The maximum absolute atomic E-state index is 3.08. The molecule has 0 spiro atoms. The van der Waals surface area contributed by atoms with Crippen molar-refractivity contribution < 1.29 is 0 Å². The summed E-state index contributed by atoms with van der Waals surface area (Å²) in [6, 6.07) is 8.48. The highest BCUT2D eigenvalue weighted by Crippen LogP contribution is 2.08. The molecule has 1 heteroatoms. The van der Waals surface area contributed by atoms with Gasteiger partial charge in [0.1, 0.15) is 0 Å². The predicted octanol–water partition coefficient (Wildman–Crippen LogP) is 4.34. The number of benzene rings is 1. The average molecular weight is 195 g/mol. The van der Waals surface area contributed by atoms with Crippen molar-refractivity contribution in [2.24, 2.45) is 0 Å². The van der Waals surface area contributed by atoms with Crippen molar-refractivity contribution in [3.8, 4) is 0 Å². The zero-order chi connectivity index (χ0) is 11.4. The van der Waals surface area contributed by atoms with Gasteiger partial charge < -0.3 is 5.32 Å². The highest BCUT2D eigenvalue weighted by molar-refractivity contribution is 5.43. The molecule has 1 rings (SSSR count). The Morgan fingerprint density at radius 2 is 1.36 bits per heavy atom. The second kappa shape index (κ2) is 12.0. The van der Waals surface area contributed by atoms with Crippen LogP contribution in [-0.4, -0.2) is 7.05 Å². The van der Waals surface area contributed by atoms with Gasteiger partial charge in [-0.05, 0) is 24.1 Å². The van der Waals surface area contributed by atoms with Crippen LogP contribution >= 0.6 is 0 Å². The van der Waals surface area contributed by atoms with Gasteiger partial charge in [-0.2, -0.15) is 0 Å². The summed E-state index contributed by atoms with van der Waals surface area (Å²) in [4.78, 5) is 0. The van der Waals surface area contributed by atoms with E-state index in [4.69, 9.17) is 0 Å². The minimum Gasteiger partial charge on any atom is -0.388 e. The van der Waals surface area contributed by atoms with Crippen molar-refractivity contribution in [3.63, 3.8) is 0 Å². The summed E-state index contributed by atoms with van der Waals surface area (Å²) in [5, 5.41) is 3.08. The first-order valence-electron chi connectivity index (χ1n) is 5.63. The fraction of sp³-hybridized carbons (Fsp3) is 0.538. The molecule has 0 aromatic heterocycles. The molecular weight excluding hydrogens is 170 g/mol. The van der Waals surface area contributed by atoms with Crippen LogP contribution in [-0.2, 0) is 6.42 Å². The molecule has 1 aromatic rings. The standard InChI is InChI=1S/C9H13N.2C2H6/c1-3-8-4-6-9(10-2)7-5-8;2*1-2/h4-7,10H,3H2,1-2H3;2*1-2H3. The summed E-state index contributed by atoms with van der Waals surface area (Å²) in [7, 11) is 1.93. The van der Waals surface area contributed by atoms with E-state index in [1.807, 2.05) is 34.7 Å². The van der Waals surface area contributed by atoms with E-state index in [0.717, 1.165) is 6.42 Å². The lowest BCUT2D eigenvalue weighted by molar-refractivity contribution is 1.14. The van der Waals surface area contributed by atoms with Gasteiger partial charge in [-0.25, -0.2) is 0 Å². The van der Waals surface area contributed by atoms with Crippen molar-refractivity contribution in [2.45, 2.75) is 41.0 Å². The molecule has 0 aliphatic heterocycles. The molecule has 1 nitrogen and oxygen atoms in total. The summed E-state index contributed by atoms with van der Waals surface area (Å²) >= 11 is 0. The normalized spacial score (nSPS) is 7.57. The van der Waals surface area contributed by atoms with Gasteiger partial charge in [0.05, 0.1) is 0 Å². The van der Waals surface area contributed by atoms with Gasteiger partial charge in [0.2, 0.25) is 0 Å². The van der Waals surface area contributed by atoms with Crippen LogP contribution < -0.4 is 5.32 Å². The van der Waals surface area contributed by atoms with Crippen LogP contribution in [0.3, 0.4) is 0 Å². The third kappa shape index (κ3) is 6.53. The smallest absolute Gasteiger partial charge is 0.0337 e. The molecule has 0 aliphatic rings. The van der Waals surface area contributed by atoms with Crippen LogP contribution in [0.4, 0.5) is 5.69 Å². The second-order valence-electron chi connectivity index (χ2n) is 2.30. The van der Waals surface area contributed by atoms with Gasteiger partial charge in [-0.3, -0.25) is 0 Å². The Labute approximate surface area is 89.5 Å². The molecule has 0 radical (unpaired) electrons. The number of rotatable bonds is 2. The maximum Gasteiger partial charge on any atom is 0.0337 e. The zero-order valence-corrected chi connectivity index (χ0v) is 10.5. The van der Waals surface area contributed by atoms with E-state index in [-0.39, 0.29) is 0 Å². The Morgan fingerprint density at radius 1 is 0.929 bits per heavy atom. The van der Waals surface area contributed by atoms with E-state index in [9.17, 15) is 0 Å². The summed E-state index contributed by atoms with van der Waals surface area (Å²) in [5.41, 5.74) is 2.57. The van der Waals surface area contributed by atoms with E-state index in [2.05, 4.69) is 36.5 Å². The number of hydrogen-bond acceptors (Lipinski definition) is 1. The molecule has 0 bridgehead atoms. The van der Waals surface area contributed by atoms with Gasteiger partial charge in [0, 0.05) is 12.7 Å². The molecule has 0 saturated heterocycles. The van der Waals surface area contributed by atoms with Gasteiger partial charge in [-0.15, -0.1) is 0 Å². The fourth-order valence-electron chi connectivity index (χ4n) is 0.907. The molecule has 0 atom stereocenters. The number of nitrogens with one attached hydrogen (secondary N) is 1. The van der Waals surface area contributed by atoms with Gasteiger partial charge in [-0.1, -0.05) is 46.8 Å². The minimum atomic E-state index is 1.12. The summed E-state index contributed by atoms with van der Waals surface area (Å²) in [5.74, 6) is 0. The lowest BCUT2D eigenvalue weighted by Gasteiger charge is -1.99. The number of aryl methyl sites for hydroxylation is 1. The Morgan fingerprint density at radius 3 is 1.64 bits per heavy atom. The van der Waals surface area contributed by atoms with Crippen LogP contribution in [0, 0.1) is 0 Å². The highest BCUT2D eigenvalue weighted by Gasteiger charge is 1.87. The monoisotopic (exact) mass is 195 g/mol. The van der Waals surface area contributed by atoms with Crippen LogP contribution in [0.15, 0.2) is 24.3 Å². The first-order valence-corrected chi connectivity index (χ1v) is 5.63. The third-order valence-corrected chi connectivity index (χ3v) is 1.65. The maximum atomic E-state index is 3.08. The second-order valence-corrected chi connectivity index (χ2v) is 2.30. The van der Waals surface area contributed by atoms with Gasteiger partial charge in [0.15, 0.2) is 0 Å². The topological polar surface area (TPSA) is 12.0 Å². The van der Waals surface area contributed by atoms with Crippen molar-refractivity contribution in [3.05, 3.63) is 29.8 Å². The lowest BCUT2D eigenvalue weighted by atomic mass is 10.1. The molecule has 1 aromatic carbocycles. The Hall–Kier alpha value is -0.980. The highest BCUT2D eigenvalue weighted by atomic mass is 14.8. The molecule has 0 aliphatic carbocycles. The van der Waals surface area contributed by atoms with Crippen LogP contribution in [0.1, 0.15) is 40.2 Å². The molecule has 0 unspecified atom stereocenters. The van der Waals surface area contributed by atoms with Crippen LogP contribution in [0.5, 0.6) is 0 Å². The number of anilines is 1. The predicted molar refractivity (Wildman–Crippen MR) is 68.1 cm³/mol. The fourth-order valence-corrected chi connectivity index (χ4v) is 0.907. The first-order chi connectivity index (χ1) is 6.86. The van der Waals surface area contributed by atoms with E-state index in [1.54, 1.807) is 0 Å². The van der Waals surface area contributed by atoms with E-state index in [1.165, 1.54) is 11.3 Å². The molecule has 0 saturated carbocycles. The Balaban J connectivity index is 0. The van der Waals surface area contributed by atoms with Crippen molar-refractivity contribution in [2.75, 3.05) is 12.4 Å². The molecule has 0 fully saturated rings. The molecular formula is C13H25N. The average Bonchev–Trinajstić information content (AvgIpc) is 2.34. The molecule has 0 amide bonds. The molecule has 82 valence electrons.